The van der Waals surface area contributed by atoms with Crippen LogP contribution < -0.4 is 4.74 Å². The van der Waals surface area contributed by atoms with Gasteiger partial charge in [-0.2, -0.15) is 0 Å². The first kappa shape index (κ1) is 17.0. The van der Waals surface area contributed by atoms with Crippen LogP contribution in [0.25, 0.3) is 11.0 Å². The van der Waals surface area contributed by atoms with Crippen LogP contribution in [0.1, 0.15) is 29.2 Å². The van der Waals surface area contributed by atoms with E-state index in [1.807, 2.05) is 49.4 Å². The number of H-pyrrole nitrogens is 1. The van der Waals surface area contributed by atoms with Gasteiger partial charge in [-0.05, 0) is 18.6 Å². The highest BCUT2D eigenvalue weighted by Crippen LogP contribution is 2.45. The molecule has 136 valence electrons. The number of fused-ring (bicyclic) bond motifs is 3. The van der Waals surface area contributed by atoms with Crippen LogP contribution in [0.4, 0.5) is 0 Å². The number of aromatic amines is 1. The summed E-state index contributed by atoms with van der Waals surface area (Å²) >= 11 is 0. The van der Waals surface area contributed by atoms with Gasteiger partial charge in [-0.1, -0.05) is 36.4 Å². The lowest BCUT2D eigenvalue weighted by Crippen LogP contribution is -2.36. The Bertz CT molecular complexity index is 893. The maximum atomic E-state index is 11.0. The minimum Gasteiger partial charge on any atom is -0.480 e. The average Bonchev–Trinajstić information content (AvgIpc) is 3.04. The maximum absolute atomic E-state index is 11.0. The van der Waals surface area contributed by atoms with Crippen molar-refractivity contribution in [3.05, 3.63) is 59.4 Å². The Kier molecular flexibility index (Phi) is 4.63. The molecule has 0 fully saturated rings. The Morgan fingerprint density at radius 1 is 1.15 bits per heavy atom. The lowest BCUT2D eigenvalue weighted by Gasteiger charge is -2.36. The molecule has 0 saturated heterocycles. The SMILES string of the molecule is COCCO[C@@H]1c2ccc3[nH]c(C)nc3c2O[C@H](c2ccccc2)[C@H]1O. The second kappa shape index (κ2) is 7.07. The number of imidazole rings is 1. The van der Waals surface area contributed by atoms with Gasteiger partial charge in [0.25, 0.3) is 0 Å². The van der Waals surface area contributed by atoms with Crippen LogP contribution in [-0.4, -0.2) is 41.5 Å². The number of nitrogens with one attached hydrogen (secondary N) is 1. The Balaban J connectivity index is 1.80. The third kappa shape index (κ3) is 2.96. The summed E-state index contributed by atoms with van der Waals surface area (Å²) in [7, 11) is 1.63. The van der Waals surface area contributed by atoms with Crippen molar-refractivity contribution in [2.24, 2.45) is 0 Å². The molecule has 0 bridgehead atoms. The molecule has 0 amide bonds. The summed E-state index contributed by atoms with van der Waals surface area (Å²) < 4.78 is 17.3. The van der Waals surface area contributed by atoms with Gasteiger partial charge in [-0.3, -0.25) is 0 Å². The van der Waals surface area contributed by atoms with Crippen molar-refractivity contribution < 1.29 is 19.3 Å². The summed E-state index contributed by atoms with van der Waals surface area (Å²) in [6, 6.07) is 13.6. The summed E-state index contributed by atoms with van der Waals surface area (Å²) in [4.78, 5) is 7.80. The van der Waals surface area contributed by atoms with Gasteiger partial charge < -0.3 is 24.3 Å². The van der Waals surface area contributed by atoms with Crippen LogP contribution in [0.15, 0.2) is 42.5 Å². The van der Waals surface area contributed by atoms with Crippen LogP contribution in [0.2, 0.25) is 0 Å². The number of ether oxygens (including phenoxy) is 3. The third-order valence-electron chi connectivity index (χ3n) is 4.64. The molecule has 6 heteroatoms. The van der Waals surface area contributed by atoms with Crippen LogP contribution in [0.5, 0.6) is 5.75 Å². The van der Waals surface area contributed by atoms with Gasteiger partial charge in [0.1, 0.15) is 23.5 Å². The number of hydrogen-bond acceptors (Lipinski definition) is 5. The lowest BCUT2D eigenvalue weighted by atomic mass is 9.91. The zero-order chi connectivity index (χ0) is 18.1. The molecule has 3 atom stereocenters. The van der Waals surface area contributed by atoms with E-state index in [0.717, 1.165) is 28.0 Å². The minimum atomic E-state index is -0.834. The summed E-state index contributed by atoms with van der Waals surface area (Å²) in [6.45, 7) is 2.75. The van der Waals surface area contributed by atoms with Gasteiger partial charge in [0.15, 0.2) is 11.9 Å². The highest BCUT2D eigenvalue weighted by atomic mass is 16.5. The maximum Gasteiger partial charge on any atom is 0.154 e. The van der Waals surface area contributed by atoms with E-state index in [1.165, 1.54) is 0 Å². The van der Waals surface area contributed by atoms with Gasteiger partial charge >= 0.3 is 0 Å². The predicted octanol–water partition coefficient (Wildman–Crippen LogP) is 3.07. The molecule has 0 spiro atoms. The molecule has 1 aromatic heterocycles. The fraction of sp³-hybridized carbons (Fsp3) is 0.350. The van der Waals surface area contributed by atoms with Crippen molar-refractivity contribution in [1.29, 1.82) is 0 Å². The fourth-order valence-corrected chi connectivity index (χ4v) is 3.43. The molecule has 2 aromatic carbocycles. The molecule has 6 nitrogen and oxygen atoms in total. The molecule has 1 aliphatic heterocycles. The molecule has 26 heavy (non-hydrogen) atoms. The lowest BCUT2D eigenvalue weighted by molar-refractivity contribution is -0.108. The Morgan fingerprint density at radius 2 is 1.96 bits per heavy atom. The van der Waals surface area contributed by atoms with Gasteiger partial charge in [0.2, 0.25) is 0 Å². The number of aryl methyl sites for hydroxylation is 1. The molecular formula is C20H22N2O4. The number of nitrogens with zero attached hydrogens (tertiary/aromatic N) is 1. The van der Waals surface area contributed by atoms with Crippen molar-refractivity contribution >= 4 is 11.0 Å². The highest BCUT2D eigenvalue weighted by molar-refractivity contribution is 5.84. The molecule has 1 aliphatic rings. The number of methoxy groups -OCH3 is 1. The largest absolute Gasteiger partial charge is 0.480 e. The molecule has 0 radical (unpaired) electrons. The number of benzene rings is 2. The first-order valence-electron chi connectivity index (χ1n) is 8.68. The van der Waals surface area contributed by atoms with Crippen LogP contribution in [0.3, 0.4) is 0 Å². The quantitative estimate of drug-likeness (QED) is 0.689. The summed E-state index contributed by atoms with van der Waals surface area (Å²) in [5.74, 6) is 1.48. The van der Waals surface area contributed by atoms with Gasteiger partial charge in [-0.15, -0.1) is 0 Å². The molecule has 3 aromatic rings. The van der Waals surface area contributed by atoms with E-state index < -0.39 is 18.3 Å². The molecule has 2 heterocycles. The highest BCUT2D eigenvalue weighted by Gasteiger charge is 2.40. The van der Waals surface area contributed by atoms with Crippen molar-refractivity contribution in [3.63, 3.8) is 0 Å². The number of aliphatic hydroxyl groups is 1. The molecule has 0 saturated carbocycles. The van der Waals surface area contributed by atoms with Crippen LogP contribution in [0, 0.1) is 6.92 Å². The summed E-state index contributed by atoms with van der Waals surface area (Å²) in [6.07, 6.45) is -1.88. The zero-order valence-electron chi connectivity index (χ0n) is 14.8. The first-order valence-corrected chi connectivity index (χ1v) is 8.68. The van der Waals surface area contributed by atoms with Crippen molar-refractivity contribution in [3.8, 4) is 5.75 Å². The number of hydrogen-bond donors (Lipinski definition) is 2. The van der Waals surface area contributed by atoms with E-state index in [9.17, 15) is 5.11 Å². The second-order valence-electron chi connectivity index (χ2n) is 6.43. The standard InChI is InChI=1S/C20H22N2O4/c1-12-21-15-9-8-14-19(16(15)22-12)26-18(13-6-4-3-5-7-13)17(23)20(14)25-11-10-24-2/h3-9,17-18,20,23H,10-11H2,1-2H3,(H,21,22)/t17-,18-,20-/m1/s1. The van der Waals surface area contributed by atoms with Gasteiger partial charge in [-0.25, -0.2) is 4.98 Å². The van der Waals surface area contributed by atoms with E-state index >= 15 is 0 Å². The zero-order valence-corrected chi connectivity index (χ0v) is 14.8. The fourth-order valence-electron chi connectivity index (χ4n) is 3.43. The molecular weight excluding hydrogens is 332 g/mol. The van der Waals surface area contributed by atoms with E-state index in [-0.39, 0.29) is 0 Å². The summed E-state index contributed by atoms with van der Waals surface area (Å²) in [5, 5.41) is 11.0. The topological polar surface area (TPSA) is 76.6 Å². The van der Waals surface area contributed by atoms with E-state index in [4.69, 9.17) is 14.2 Å². The molecule has 2 N–H and O–H groups in total. The first-order chi connectivity index (χ1) is 12.7. The molecule has 4 rings (SSSR count). The Hall–Kier alpha value is -2.41. The van der Waals surface area contributed by atoms with Gasteiger partial charge in [0, 0.05) is 12.7 Å². The van der Waals surface area contributed by atoms with Gasteiger partial charge in [0.05, 0.1) is 18.7 Å². The smallest absolute Gasteiger partial charge is 0.154 e. The minimum absolute atomic E-state index is 0.386. The summed E-state index contributed by atoms with van der Waals surface area (Å²) in [5.41, 5.74) is 3.36. The van der Waals surface area contributed by atoms with E-state index in [1.54, 1.807) is 7.11 Å². The third-order valence-corrected chi connectivity index (χ3v) is 4.64. The average molecular weight is 354 g/mol. The Morgan fingerprint density at radius 3 is 2.73 bits per heavy atom. The van der Waals surface area contributed by atoms with Crippen molar-refractivity contribution in [2.75, 3.05) is 20.3 Å². The van der Waals surface area contributed by atoms with Crippen LogP contribution in [-0.2, 0) is 9.47 Å². The van der Waals surface area contributed by atoms with E-state index in [2.05, 4.69) is 9.97 Å². The van der Waals surface area contributed by atoms with Crippen molar-refractivity contribution in [1.82, 2.24) is 9.97 Å². The number of rotatable bonds is 5. The van der Waals surface area contributed by atoms with E-state index in [0.29, 0.717) is 19.0 Å². The van der Waals surface area contributed by atoms with Crippen LogP contribution >= 0.6 is 0 Å². The van der Waals surface area contributed by atoms with Crippen molar-refractivity contribution in [2.45, 2.75) is 25.2 Å². The predicted molar refractivity (Wildman–Crippen MR) is 97.2 cm³/mol. The normalized spacial score (nSPS) is 22.2. The Labute approximate surface area is 151 Å². The molecule has 0 unspecified atom stereocenters. The second-order valence-corrected chi connectivity index (χ2v) is 6.43. The number of aromatic nitrogens is 2. The monoisotopic (exact) mass is 354 g/mol. The molecule has 0 aliphatic carbocycles. The number of aliphatic hydroxyl groups excluding tert-OH is 1.